The molecule has 0 fully saturated rings. The Bertz CT molecular complexity index is 1050. The number of thioether (sulfide) groups is 1. The SMILES string of the molecule is CC[n+]1c(SCC(=O)N/N=C/c2ccc([O-])c(OC)c2)n[nH]c1-c1ccc(Cl)cc1. The smallest absolute Gasteiger partial charge is 0.337 e. The molecular formula is C20H20ClN5O3S. The molecule has 0 saturated carbocycles. The maximum absolute atomic E-state index is 12.1. The molecule has 3 aromatic rings. The second-order valence-corrected chi connectivity index (χ2v) is 7.48. The molecule has 3 rings (SSSR count). The van der Waals surface area contributed by atoms with Crippen LogP contribution in [0.2, 0.25) is 5.02 Å². The Morgan fingerprint density at radius 1 is 1.37 bits per heavy atom. The second kappa shape index (κ2) is 10.1. The minimum Gasteiger partial charge on any atom is -0.870 e. The van der Waals surface area contributed by atoms with Gasteiger partial charge >= 0.3 is 5.16 Å². The zero-order valence-corrected chi connectivity index (χ0v) is 18.0. The summed E-state index contributed by atoms with van der Waals surface area (Å²) in [7, 11) is 1.42. The maximum Gasteiger partial charge on any atom is 0.337 e. The van der Waals surface area contributed by atoms with E-state index in [1.807, 2.05) is 35.8 Å². The average molecular weight is 446 g/mol. The fourth-order valence-electron chi connectivity index (χ4n) is 2.65. The number of nitrogens with one attached hydrogen (secondary N) is 2. The third-order valence-electron chi connectivity index (χ3n) is 4.12. The topological polar surface area (TPSA) is 106 Å². The van der Waals surface area contributed by atoms with Gasteiger partial charge in [-0.3, -0.25) is 4.79 Å². The fourth-order valence-corrected chi connectivity index (χ4v) is 3.59. The number of carbonyl (C=O) groups excluding carboxylic acids is 1. The zero-order valence-electron chi connectivity index (χ0n) is 16.4. The molecule has 0 unspecified atom stereocenters. The Balaban J connectivity index is 1.59. The van der Waals surface area contributed by atoms with Crippen molar-refractivity contribution < 1.29 is 19.2 Å². The first kappa shape index (κ1) is 21.7. The summed E-state index contributed by atoms with van der Waals surface area (Å²) in [5.41, 5.74) is 4.06. The molecule has 10 heteroatoms. The predicted octanol–water partition coefficient (Wildman–Crippen LogP) is 2.36. The molecule has 0 saturated heterocycles. The lowest BCUT2D eigenvalue weighted by atomic mass is 10.2. The number of aromatic nitrogens is 3. The van der Waals surface area contributed by atoms with Gasteiger partial charge in [0, 0.05) is 5.02 Å². The molecule has 0 aliphatic carbocycles. The Kier molecular flexibility index (Phi) is 7.31. The van der Waals surface area contributed by atoms with Crippen molar-refractivity contribution in [2.45, 2.75) is 18.6 Å². The zero-order chi connectivity index (χ0) is 21.5. The molecular weight excluding hydrogens is 426 g/mol. The number of hydrazone groups is 1. The minimum absolute atomic E-state index is 0.144. The van der Waals surface area contributed by atoms with Crippen molar-refractivity contribution >= 4 is 35.5 Å². The summed E-state index contributed by atoms with van der Waals surface area (Å²) in [6.07, 6.45) is 1.45. The van der Waals surface area contributed by atoms with Gasteiger partial charge in [-0.2, -0.15) is 5.10 Å². The standard InChI is InChI=1S/C20H20ClN5O3S/c1-3-26-19(14-5-7-15(21)8-6-14)24-25-20(26)30-12-18(28)23-22-11-13-4-9-16(27)17(10-13)29-2/h4-11H,3,12H2,1-2H3,(H2,22,23,27,28). The molecule has 1 amide bonds. The summed E-state index contributed by atoms with van der Waals surface area (Å²) < 4.78 is 6.97. The van der Waals surface area contributed by atoms with E-state index < -0.39 is 0 Å². The Morgan fingerprint density at radius 2 is 2.13 bits per heavy atom. The Labute approximate surface area is 182 Å². The molecule has 2 N–H and O–H groups in total. The molecule has 30 heavy (non-hydrogen) atoms. The minimum atomic E-state index is -0.276. The van der Waals surface area contributed by atoms with E-state index in [1.165, 1.54) is 31.2 Å². The van der Waals surface area contributed by atoms with Crippen LogP contribution in [0.25, 0.3) is 11.4 Å². The monoisotopic (exact) mass is 445 g/mol. The first-order valence-corrected chi connectivity index (χ1v) is 10.4. The van der Waals surface area contributed by atoms with Crippen LogP contribution in [0.1, 0.15) is 12.5 Å². The van der Waals surface area contributed by atoms with Gasteiger partial charge < -0.3 is 9.84 Å². The number of rotatable bonds is 8. The quantitative estimate of drug-likeness (QED) is 0.239. The van der Waals surface area contributed by atoms with E-state index in [-0.39, 0.29) is 23.2 Å². The highest BCUT2D eigenvalue weighted by Crippen LogP contribution is 2.23. The summed E-state index contributed by atoms with van der Waals surface area (Å²) in [5.74, 6) is 0.718. The van der Waals surface area contributed by atoms with Crippen molar-refractivity contribution in [3.8, 4) is 22.9 Å². The Morgan fingerprint density at radius 3 is 2.83 bits per heavy atom. The van der Waals surface area contributed by atoms with E-state index in [1.54, 1.807) is 12.1 Å². The maximum atomic E-state index is 12.1. The van der Waals surface area contributed by atoms with Gasteiger partial charge in [-0.1, -0.05) is 29.5 Å². The number of aromatic amines is 1. The lowest BCUT2D eigenvalue weighted by molar-refractivity contribution is -0.719. The number of carbonyl (C=O) groups is 1. The Hall–Kier alpha value is -3.04. The molecule has 0 radical (unpaired) electrons. The van der Waals surface area contributed by atoms with E-state index >= 15 is 0 Å². The van der Waals surface area contributed by atoms with Crippen LogP contribution < -0.4 is 19.8 Å². The number of nitrogens with zero attached hydrogens (tertiary/aromatic N) is 3. The van der Waals surface area contributed by atoms with Crippen LogP contribution in [-0.4, -0.2) is 35.2 Å². The van der Waals surface area contributed by atoms with Crippen molar-refractivity contribution in [2.75, 3.05) is 12.9 Å². The summed E-state index contributed by atoms with van der Waals surface area (Å²) >= 11 is 7.25. The second-order valence-electron chi connectivity index (χ2n) is 6.10. The van der Waals surface area contributed by atoms with Crippen LogP contribution in [-0.2, 0) is 11.3 Å². The molecule has 1 heterocycles. The van der Waals surface area contributed by atoms with Gasteiger partial charge in [0.1, 0.15) is 5.75 Å². The van der Waals surface area contributed by atoms with Crippen molar-refractivity contribution in [1.29, 1.82) is 0 Å². The van der Waals surface area contributed by atoms with Crippen LogP contribution in [0.3, 0.4) is 0 Å². The molecule has 0 atom stereocenters. The predicted molar refractivity (Wildman–Crippen MR) is 114 cm³/mol. The summed E-state index contributed by atoms with van der Waals surface area (Å²) in [6.45, 7) is 2.69. The number of amides is 1. The van der Waals surface area contributed by atoms with Crippen LogP contribution in [0.15, 0.2) is 52.7 Å². The van der Waals surface area contributed by atoms with Gasteiger partial charge in [-0.25, -0.2) is 9.99 Å². The van der Waals surface area contributed by atoms with Gasteiger partial charge in [0.05, 0.1) is 36.3 Å². The van der Waals surface area contributed by atoms with E-state index in [2.05, 4.69) is 20.7 Å². The summed E-state index contributed by atoms with van der Waals surface area (Å²) in [4.78, 5) is 12.1. The average Bonchev–Trinajstić information content (AvgIpc) is 3.17. The summed E-state index contributed by atoms with van der Waals surface area (Å²) in [5, 5.41) is 24.1. The van der Waals surface area contributed by atoms with Crippen LogP contribution in [0, 0.1) is 0 Å². The van der Waals surface area contributed by atoms with Gasteiger partial charge in [0.15, 0.2) is 0 Å². The number of benzene rings is 2. The van der Waals surface area contributed by atoms with Crippen molar-refractivity contribution in [3.63, 3.8) is 0 Å². The fraction of sp³-hybridized carbons (Fsp3) is 0.200. The highest BCUT2D eigenvalue weighted by atomic mass is 35.5. The lowest BCUT2D eigenvalue weighted by Gasteiger charge is -2.11. The highest BCUT2D eigenvalue weighted by Gasteiger charge is 2.21. The first-order chi connectivity index (χ1) is 14.5. The van der Waals surface area contributed by atoms with Crippen LogP contribution >= 0.6 is 23.4 Å². The van der Waals surface area contributed by atoms with Crippen LogP contribution in [0.4, 0.5) is 0 Å². The van der Waals surface area contributed by atoms with Crippen molar-refractivity contribution in [1.82, 2.24) is 15.6 Å². The van der Waals surface area contributed by atoms with E-state index in [0.29, 0.717) is 22.3 Å². The molecule has 0 aliphatic heterocycles. The number of ether oxygens (including phenoxy) is 1. The molecule has 156 valence electrons. The summed E-state index contributed by atoms with van der Waals surface area (Å²) in [6, 6.07) is 12.0. The molecule has 2 aromatic carbocycles. The third-order valence-corrected chi connectivity index (χ3v) is 5.34. The van der Waals surface area contributed by atoms with Gasteiger partial charge in [0.2, 0.25) is 0 Å². The molecule has 0 bridgehead atoms. The number of H-pyrrole nitrogens is 1. The molecule has 0 spiro atoms. The number of halogens is 1. The molecule has 1 aromatic heterocycles. The molecule has 8 nitrogen and oxygen atoms in total. The van der Waals surface area contributed by atoms with Crippen molar-refractivity contribution in [2.24, 2.45) is 5.10 Å². The van der Waals surface area contributed by atoms with Gasteiger partial charge in [-0.15, -0.1) is 5.10 Å². The largest absolute Gasteiger partial charge is 0.870 e. The van der Waals surface area contributed by atoms with Crippen LogP contribution in [0.5, 0.6) is 11.5 Å². The van der Waals surface area contributed by atoms with E-state index in [4.69, 9.17) is 16.3 Å². The first-order valence-electron chi connectivity index (χ1n) is 9.05. The van der Waals surface area contributed by atoms with Gasteiger partial charge in [0.25, 0.3) is 11.7 Å². The van der Waals surface area contributed by atoms with Crippen molar-refractivity contribution in [3.05, 3.63) is 53.1 Å². The number of hydrogen-bond donors (Lipinski definition) is 2. The normalized spacial score (nSPS) is 11.0. The van der Waals surface area contributed by atoms with E-state index in [0.717, 1.165) is 11.4 Å². The number of methoxy groups -OCH3 is 1. The number of hydrogen-bond acceptors (Lipinski definition) is 6. The lowest BCUT2D eigenvalue weighted by Crippen LogP contribution is -2.36. The third kappa shape index (κ3) is 5.31. The van der Waals surface area contributed by atoms with Gasteiger partial charge in [-0.05, 0) is 54.6 Å². The van der Waals surface area contributed by atoms with E-state index in [9.17, 15) is 9.90 Å². The molecule has 0 aliphatic rings. The highest BCUT2D eigenvalue weighted by molar-refractivity contribution is 7.99.